The molecule has 126 valence electrons. The molecule has 4 rings (SSSR count). The molecule has 0 saturated heterocycles. The molecule has 4 aromatic rings. The molecule has 10 nitrogen and oxygen atoms in total. The molecular weight excluding hydrogens is 394 g/mol. The minimum atomic E-state index is -1.10. The van der Waals surface area contributed by atoms with Gasteiger partial charge in [-0.05, 0) is 22.0 Å². The Kier molecular flexibility index (Phi) is 3.50. The Labute approximate surface area is 147 Å². The fourth-order valence-corrected chi connectivity index (χ4v) is 3.11. The first-order chi connectivity index (χ1) is 12.1. The molecule has 0 saturated carbocycles. The normalized spacial score (nSPS) is 11.1. The van der Waals surface area contributed by atoms with Crippen LogP contribution in [0.1, 0.15) is 10.5 Å². The average Bonchev–Trinajstić information content (AvgIpc) is 3.18. The number of fused-ring (bicyclic) bond motifs is 2. The van der Waals surface area contributed by atoms with Gasteiger partial charge in [-0.2, -0.15) is 10.1 Å². The van der Waals surface area contributed by atoms with Gasteiger partial charge in [-0.15, -0.1) is 0 Å². The number of anilines is 2. The highest BCUT2D eigenvalue weighted by molar-refractivity contribution is 9.10. The Hall–Kier alpha value is -3.21. The molecule has 0 spiro atoms. The number of pyridine rings is 1. The van der Waals surface area contributed by atoms with Crippen molar-refractivity contribution in [1.29, 1.82) is 0 Å². The molecule has 0 fully saturated rings. The van der Waals surface area contributed by atoms with Gasteiger partial charge in [-0.25, -0.2) is 14.8 Å². The van der Waals surface area contributed by atoms with E-state index >= 15 is 0 Å². The monoisotopic (exact) mass is 403 g/mol. The van der Waals surface area contributed by atoms with Gasteiger partial charge in [0.05, 0.1) is 23.2 Å². The highest BCUT2D eigenvalue weighted by Crippen LogP contribution is 2.35. The highest BCUT2D eigenvalue weighted by atomic mass is 79.9. The van der Waals surface area contributed by atoms with E-state index in [0.29, 0.717) is 38.5 Å². The number of carboxylic acid groups (broad SMARTS) is 1. The second-order valence-electron chi connectivity index (χ2n) is 5.04. The summed E-state index contributed by atoms with van der Waals surface area (Å²) in [5.74, 6) is -0.355. The minimum Gasteiger partial charge on any atom is -0.479 e. The van der Waals surface area contributed by atoms with Crippen LogP contribution in [0.25, 0.3) is 22.1 Å². The van der Waals surface area contributed by atoms with Crippen molar-refractivity contribution in [2.24, 2.45) is 0 Å². The predicted molar refractivity (Wildman–Crippen MR) is 92.3 cm³/mol. The summed E-state index contributed by atoms with van der Waals surface area (Å²) in [7, 11) is 1.50. The zero-order chi connectivity index (χ0) is 17.6. The van der Waals surface area contributed by atoms with Crippen LogP contribution >= 0.6 is 15.9 Å². The van der Waals surface area contributed by atoms with E-state index in [1.807, 2.05) is 0 Å². The third kappa shape index (κ3) is 2.45. The van der Waals surface area contributed by atoms with Gasteiger partial charge in [0.1, 0.15) is 29.2 Å². The van der Waals surface area contributed by atoms with E-state index in [0.717, 1.165) is 5.39 Å². The van der Waals surface area contributed by atoms with Crippen LogP contribution < -0.4 is 10.1 Å². The zero-order valence-electron chi connectivity index (χ0n) is 12.7. The number of aromatic carboxylic acids is 1. The summed E-state index contributed by atoms with van der Waals surface area (Å²) in [6.45, 7) is 0. The summed E-state index contributed by atoms with van der Waals surface area (Å²) in [4.78, 5) is 26.7. The standard InChI is InChI=1S/C14H10BrN7O3/c1-25-13-6(2-5-3-18-22-10(5)21-13)19-11-7-8(15)9(14(23)24)20-12(7)17-4-16-11/h2-4H,1H3,(H,23,24)(H,18,21,22)(H2,16,17,19,20). The van der Waals surface area contributed by atoms with Gasteiger partial charge >= 0.3 is 5.97 Å². The number of hydrogen-bond donors (Lipinski definition) is 4. The van der Waals surface area contributed by atoms with Crippen LogP contribution in [0.3, 0.4) is 0 Å². The number of hydrogen-bond acceptors (Lipinski definition) is 7. The Bertz CT molecular complexity index is 1120. The fraction of sp³-hybridized carbons (Fsp3) is 0.0714. The third-order valence-electron chi connectivity index (χ3n) is 3.58. The summed E-state index contributed by atoms with van der Waals surface area (Å²) < 4.78 is 5.66. The van der Waals surface area contributed by atoms with E-state index < -0.39 is 5.97 Å². The summed E-state index contributed by atoms with van der Waals surface area (Å²) >= 11 is 3.29. The lowest BCUT2D eigenvalue weighted by Crippen LogP contribution is -2.00. The maximum Gasteiger partial charge on any atom is 0.353 e. The molecule has 0 aliphatic carbocycles. The summed E-state index contributed by atoms with van der Waals surface area (Å²) in [6, 6.07) is 1.80. The van der Waals surface area contributed by atoms with Gasteiger partial charge in [0.25, 0.3) is 0 Å². The number of aromatic nitrogens is 6. The number of aromatic amines is 2. The topological polar surface area (TPSA) is 142 Å². The van der Waals surface area contributed by atoms with Crippen LogP contribution in [0.4, 0.5) is 11.5 Å². The number of methoxy groups -OCH3 is 1. The second-order valence-corrected chi connectivity index (χ2v) is 5.84. The fourth-order valence-electron chi connectivity index (χ4n) is 2.46. The molecule has 0 aliphatic rings. The first-order valence-electron chi connectivity index (χ1n) is 6.99. The van der Waals surface area contributed by atoms with Crippen molar-refractivity contribution in [3.8, 4) is 5.88 Å². The van der Waals surface area contributed by atoms with Gasteiger partial charge in [0.15, 0.2) is 5.65 Å². The molecule has 4 aromatic heterocycles. The number of ether oxygens (including phenoxy) is 1. The minimum absolute atomic E-state index is 0.00562. The van der Waals surface area contributed by atoms with Crippen LogP contribution in [0.15, 0.2) is 23.1 Å². The average molecular weight is 404 g/mol. The van der Waals surface area contributed by atoms with Crippen LogP contribution in [-0.4, -0.2) is 48.3 Å². The smallest absolute Gasteiger partial charge is 0.353 e. The van der Waals surface area contributed by atoms with Crippen molar-refractivity contribution in [3.63, 3.8) is 0 Å². The van der Waals surface area contributed by atoms with Crippen molar-refractivity contribution in [2.75, 3.05) is 12.4 Å². The SMILES string of the molecule is COc1nc2[nH]ncc2cc1Nc1ncnc2[nH]c(C(=O)O)c(Br)c12. The molecular formula is C14H10BrN7O3. The molecule has 0 unspecified atom stereocenters. The first kappa shape index (κ1) is 15.3. The maximum absolute atomic E-state index is 11.3. The number of nitrogens with zero attached hydrogens (tertiary/aromatic N) is 4. The zero-order valence-corrected chi connectivity index (χ0v) is 14.2. The van der Waals surface area contributed by atoms with E-state index in [-0.39, 0.29) is 5.69 Å². The van der Waals surface area contributed by atoms with Gasteiger partial charge in [-0.3, -0.25) is 5.10 Å². The van der Waals surface area contributed by atoms with Crippen LogP contribution in [-0.2, 0) is 0 Å². The lowest BCUT2D eigenvalue weighted by molar-refractivity contribution is 0.0690. The number of nitrogens with one attached hydrogen (secondary N) is 3. The molecule has 4 heterocycles. The van der Waals surface area contributed by atoms with Gasteiger partial charge < -0.3 is 20.1 Å². The second kappa shape index (κ2) is 5.70. The largest absolute Gasteiger partial charge is 0.479 e. The molecule has 0 bridgehead atoms. The number of carboxylic acids is 1. The molecule has 0 amide bonds. The number of H-pyrrole nitrogens is 2. The maximum atomic E-state index is 11.3. The Morgan fingerprint density at radius 1 is 1.36 bits per heavy atom. The summed E-state index contributed by atoms with van der Waals surface area (Å²) in [5, 5.41) is 20.4. The Morgan fingerprint density at radius 2 is 2.20 bits per heavy atom. The Balaban J connectivity index is 1.87. The number of rotatable bonds is 4. The van der Waals surface area contributed by atoms with E-state index in [1.54, 1.807) is 12.3 Å². The number of carbonyl (C=O) groups is 1. The molecule has 4 N–H and O–H groups in total. The van der Waals surface area contributed by atoms with Crippen molar-refractivity contribution in [1.82, 2.24) is 30.1 Å². The number of halogens is 1. The van der Waals surface area contributed by atoms with Gasteiger partial charge in [0, 0.05) is 5.39 Å². The Morgan fingerprint density at radius 3 is 2.96 bits per heavy atom. The molecule has 0 aromatic carbocycles. The van der Waals surface area contributed by atoms with E-state index in [2.05, 4.69) is 51.4 Å². The lowest BCUT2D eigenvalue weighted by Gasteiger charge is -2.10. The molecule has 0 atom stereocenters. The molecule has 25 heavy (non-hydrogen) atoms. The lowest BCUT2D eigenvalue weighted by atomic mass is 10.3. The van der Waals surface area contributed by atoms with E-state index in [9.17, 15) is 9.90 Å². The van der Waals surface area contributed by atoms with Crippen LogP contribution in [0.5, 0.6) is 5.88 Å². The van der Waals surface area contributed by atoms with E-state index in [4.69, 9.17) is 4.74 Å². The van der Waals surface area contributed by atoms with Crippen molar-refractivity contribution < 1.29 is 14.6 Å². The first-order valence-corrected chi connectivity index (χ1v) is 7.78. The van der Waals surface area contributed by atoms with Crippen molar-refractivity contribution in [2.45, 2.75) is 0 Å². The van der Waals surface area contributed by atoms with Crippen molar-refractivity contribution >= 4 is 55.5 Å². The third-order valence-corrected chi connectivity index (χ3v) is 4.37. The molecule has 0 radical (unpaired) electrons. The van der Waals surface area contributed by atoms with Gasteiger partial charge in [-0.1, -0.05) is 0 Å². The van der Waals surface area contributed by atoms with Crippen molar-refractivity contribution in [3.05, 3.63) is 28.8 Å². The molecule has 0 aliphatic heterocycles. The predicted octanol–water partition coefficient (Wildman–Crippen LogP) is 2.44. The summed E-state index contributed by atoms with van der Waals surface area (Å²) in [5.41, 5.74) is 1.53. The van der Waals surface area contributed by atoms with Crippen LogP contribution in [0, 0.1) is 0 Å². The van der Waals surface area contributed by atoms with E-state index in [1.165, 1.54) is 13.4 Å². The molecule has 11 heteroatoms. The van der Waals surface area contributed by atoms with Gasteiger partial charge in [0.2, 0.25) is 5.88 Å². The highest BCUT2D eigenvalue weighted by Gasteiger charge is 2.20. The summed E-state index contributed by atoms with van der Waals surface area (Å²) in [6.07, 6.45) is 2.97. The van der Waals surface area contributed by atoms with Crippen LogP contribution in [0.2, 0.25) is 0 Å². The quantitative estimate of drug-likeness (QED) is 0.406.